The van der Waals surface area contributed by atoms with E-state index in [0.29, 0.717) is 0 Å². The minimum absolute atomic E-state index is 0.878. The van der Waals surface area contributed by atoms with E-state index in [9.17, 15) is 0 Å². The summed E-state index contributed by atoms with van der Waals surface area (Å²) in [5.74, 6) is 0. The van der Waals surface area contributed by atoms with Crippen LogP contribution in [0.2, 0.25) is 0 Å². The lowest BCUT2D eigenvalue weighted by Gasteiger charge is -2.11. The van der Waals surface area contributed by atoms with Gasteiger partial charge in [0.1, 0.15) is 11.9 Å². The Morgan fingerprint density at radius 3 is 2.17 bits per heavy atom. The smallest absolute Gasteiger partial charge is 0.307 e. The molecule has 0 saturated heterocycles. The predicted molar refractivity (Wildman–Crippen MR) is 123 cm³/mol. The maximum Gasteiger partial charge on any atom is 0.408 e. The Kier molecular flexibility index (Phi) is 4.73. The first-order valence-electron chi connectivity index (χ1n) is 9.84. The lowest BCUT2D eigenvalue weighted by Crippen LogP contribution is -2.23. The van der Waals surface area contributed by atoms with Gasteiger partial charge in [0.2, 0.25) is 0 Å². The Balaban J connectivity index is 1.83. The quantitative estimate of drug-likeness (QED) is 0.228. The van der Waals surface area contributed by atoms with Gasteiger partial charge in [-0.25, -0.2) is 4.57 Å². The first-order chi connectivity index (χ1) is 14.7. The van der Waals surface area contributed by atoms with E-state index in [1.165, 1.54) is 4.88 Å². The highest BCUT2D eigenvalue weighted by atomic mass is 32.1. The molecule has 2 heterocycles. The van der Waals surface area contributed by atoms with Crippen molar-refractivity contribution in [2.24, 2.45) is 17.3 Å². The molecule has 0 amide bonds. The molecule has 0 spiro atoms. The van der Waals surface area contributed by atoms with Crippen molar-refractivity contribution in [3.63, 3.8) is 0 Å². The molecule has 0 N–H and O–H groups in total. The number of hydrogen-bond acceptors (Lipinski definition) is 3. The maximum atomic E-state index is 4.80. The fraction of sp³-hybridized carbons (Fsp3) is 0.0800. The molecule has 5 rings (SSSR count). The van der Waals surface area contributed by atoms with Gasteiger partial charge < -0.3 is 4.57 Å². The second-order valence-electron chi connectivity index (χ2n) is 7.19. The molecule has 0 aliphatic rings. The van der Waals surface area contributed by atoms with E-state index >= 15 is 0 Å². The maximum absolute atomic E-state index is 4.80. The van der Waals surface area contributed by atoms with Crippen molar-refractivity contribution in [3.05, 3.63) is 96.0 Å². The van der Waals surface area contributed by atoms with Crippen LogP contribution in [0.15, 0.2) is 101 Å². The average Bonchev–Trinajstić information content (AvgIpc) is 3.29. The summed E-state index contributed by atoms with van der Waals surface area (Å²) in [7, 11) is 2.00. The highest BCUT2D eigenvalue weighted by Gasteiger charge is 2.22. The third kappa shape index (κ3) is 3.23. The summed E-state index contributed by atoms with van der Waals surface area (Å²) in [5, 5.41) is 11.4. The molecule has 4 nitrogen and oxygen atoms in total. The summed E-state index contributed by atoms with van der Waals surface area (Å²) in [5.41, 5.74) is 5.25. The SMILES string of the molecule is Cc1c[n+](C)c(/N=N/c2c(-c3ccccc3)n(-c3ccccc3)c3ccccc23)s1. The molecule has 0 unspecified atom stereocenters. The lowest BCUT2D eigenvalue weighted by molar-refractivity contribution is -0.654. The van der Waals surface area contributed by atoms with E-state index in [1.807, 2.05) is 23.7 Å². The molecule has 0 aliphatic heterocycles. The van der Waals surface area contributed by atoms with E-state index in [1.54, 1.807) is 11.3 Å². The summed E-state index contributed by atoms with van der Waals surface area (Å²) in [4.78, 5) is 1.21. The fourth-order valence-corrected chi connectivity index (χ4v) is 4.56. The third-order valence-electron chi connectivity index (χ3n) is 5.07. The molecule has 3 aromatic carbocycles. The standard InChI is InChI=1S/C25H21N4S/c1-18-17-28(2)25(30-18)27-26-23-21-15-9-10-16-22(21)29(20-13-7-4-8-14-20)24(23)19-11-5-3-6-12-19/h3-17H,1-2H3/q+1. The number of azo groups is 1. The first kappa shape index (κ1) is 18.5. The summed E-state index contributed by atoms with van der Waals surface area (Å²) in [6.07, 6.45) is 2.07. The first-order valence-corrected chi connectivity index (χ1v) is 10.7. The van der Waals surface area contributed by atoms with Gasteiger partial charge in [0.15, 0.2) is 0 Å². The van der Waals surface area contributed by atoms with Crippen LogP contribution in [0.25, 0.3) is 27.8 Å². The van der Waals surface area contributed by atoms with Crippen molar-refractivity contribution in [2.45, 2.75) is 6.92 Å². The van der Waals surface area contributed by atoms with E-state index in [4.69, 9.17) is 5.11 Å². The number of aryl methyl sites for hydroxylation is 2. The number of benzene rings is 3. The Morgan fingerprint density at radius 1 is 0.800 bits per heavy atom. The van der Waals surface area contributed by atoms with Crippen LogP contribution >= 0.6 is 11.3 Å². The van der Waals surface area contributed by atoms with Crippen molar-refractivity contribution in [1.29, 1.82) is 0 Å². The molecule has 5 heteroatoms. The zero-order valence-electron chi connectivity index (χ0n) is 16.9. The lowest BCUT2D eigenvalue weighted by atomic mass is 10.1. The van der Waals surface area contributed by atoms with Crippen molar-refractivity contribution < 1.29 is 4.57 Å². The Morgan fingerprint density at radius 2 is 1.47 bits per heavy atom. The molecular formula is C25H21N4S+. The summed E-state index contributed by atoms with van der Waals surface area (Å²) < 4.78 is 4.29. The minimum Gasteiger partial charge on any atom is -0.307 e. The number of fused-ring (bicyclic) bond motifs is 1. The molecule has 0 fully saturated rings. The summed E-state index contributed by atoms with van der Waals surface area (Å²) in [6, 6.07) is 29.2. The minimum atomic E-state index is 0.878. The molecule has 0 radical (unpaired) electrons. The van der Waals surface area contributed by atoms with Crippen LogP contribution in [0.4, 0.5) is 10.8 Å². The zero-order chi connectivity index (χ0) is 20.5. The predicted octanol–water partition coefficient (Wildman–Crippen LogP) is 6.91. The fourth-order valence-electron chi connectivity index (χ4n) is 3.79. The topological polar surface area (TPSA) is 33.5 Å². The molecule has 0 bridgehead atoms. The van der Waals surface area contributed by atoms with Gasteiger partial charge in [-0.2, -0.15) is 0 Å². The van der Waals surface area contributed by atoms with E-state index < -0.39 is 0 Å². The van der Waals surface area contributed by atoms with Crippen LogP contribution in [-0.4, -0.2) is 4.57 Å². The van der Waals surface area contributed by atoms with Crippen molar-refractivity contribution in [1.82, 2.24) is 4.57 Å². The molecule has 146 valence electrons. The van der Waals surface area contributed by atoms with Gasteiger partial charge in [0.25, 0.3) is 0 Å². The van der Waals surface area contributed by atoms with Crippen LogP contribution < -0.4 is 4.57 Å². The van der Waals surface area contributed by atoms with Crippen LogP contribution in [0, 0.1) is 6.92 Å². The van der Waals surface area contributed by atoms with Crippen molar-refractivity contribution in [2.75, 3.05) is 0 Å². The summed E-state index contributed by atoms with van der Waals surface area (Å²) in [6.45, 7) is 2.08. The molecule has 30 heavy (non-hydrogen) atoms. The highest BCUT2D eigenvalue weighted by Crippen LogP contribution is 2.42. The highest BCUT2D eigenvalue weighted by molar-refractivity contribution is 7.14. The van der Waals surface area contributed by atoms with Gasteiger partial charge in [-0.3, -0.25) is 0 Å². The van der Waals surface area contributed by atoms with Crippen LogP contribution in [0.5, 0.6) is 0 Å². The molecule has 0 atom stereocenters. The monoisotopic (exact) mass is 409 g/mol. The second kappa shape index (κ2) is 7.69. The largest absolute Gasteiger partial charge is 0.408 e. The van der Waals surface area contributed by atoms with E-state index in [-0.39, 0.29) is 0 Å². The van der Waals surface area contributed by atoms with Crippen molar-refractivity contribution >= 4 is 33.1 Å². The molecule has 2 aromatic heterocycles. The van der Waals surface area contributed by atoms with Gasteiger partial charge >= 0.3 is 5.13 Å². The van der Waals surface area contributed by atoms with Gasteiger partial charge in [-0.05, 0) is 41.6 Å². The second-order valence-corrected chi connectivity index (χ2v) is 8.40. The Labute approximate surface area is 179 Å². The van der Waals surface area contributed by atoms with E-state index in [0.717, 1.165) is 38.7 Å². The zero-order valence-corrected chi connectivity index (χ0v) is 17.7. The van der Waals surface area contributed by atoms with Crippen LogP contribution in [0.3, 0.4) is 0 Å². The third-order valence-corrected chi connectivity index (χ3v) is 6.05. The van der Waals surface area contributed by atoms with Gasteiger partial charge in [-0.15, -0.1) is 0 Å². The van der Waals surface area contributed by atoms with E-state index in [2.05, 4.69) is 95.6 Å². The molecule has 0 saturated carbocycles. The molecule has 5 aromatic rings. The number of para-hydroxylation sites is 2. The van der Waals surface area contributed by atoms with Crippen LogP contribution in [-0.2, 0) is 7.05 Å². The number of rotatable bonds is 4. The van der Waals surface area contributed by atoms with Crippen LogP contribution in [0.1, 0.15) is 4.88 Å². The molecular weight excluding hydrogens is 388 g/mol. The number of hydrogen-bond donors (Lipinski definition) is 0. The number of nitrogens with zero attached hydrogens (tertiary/aromatic N) is 4. The average molecular weight is 410 g/mol. The molecule has 0 aliphatic carbocycles. The number of thiazole rings is 1. The Bertz CT molecular complexity index is 1350. The van der Waals surface area contributed by atoms with Gasteiger partial charge in [0, 0.05) is 21.5 Å². The Hall–Kier alpha value is -3.57. The summed E-state index contributed by atoms with van der Waals surface area (Å²) >= 11 is 1.64. The normalized spacial score (nSPS) is 11.5. The number of aromatic nitrogens is 2. The van der Waals surface area contributed by atoms with Crippen molar-refractivity contribution in [3.8, 4) is 16.9 Å². The van der Waals surface area contributed by atoms with Gasteiger partial charge in [0.05, 0.1) is 23.4 Å². The van der Waals surface area contributed by atoms with Gasteiger partial charge in [-0.1, -0.05) is 66.7 Å².